The third-order valence-corrected chi connectivity index (χ3v) is 1.78. The summed E-state index contributed by atoms with van der Waals surface area (Å²) < 4.78 is 22.8. The lowest BCUT2D eigenvalue weighted by Gasteiger charge is -1.95. The van der Waals surface area contributed by atoms with E-state index in [1.807, 2.05) is 0 Å². The standard InChI is InChI=1S/C6H5Br2N/c7-4-1-2-5(8)6(9)3-4/h1-3H,9H2/i1D,2D,3D. The molecule has 2 N–H and O–H groups in total. The Morgan fingerprint density at radius 2 is 2.11 bits per heavy atom. The highest BCUT2D eigenvalue weighted by Crippen LogP contribution is 2.22. The quantitative estimate of drug-likeness (QED) is 0.707. The van der Waals surface area contributed by atoms with Crippen LogP contribution in [0.25, 0.3) is 0 Å². The van der Waals surface area contributed by atoms with Crippen molar-refractivity contribution in [2.24, 2.45) is 0 Å². The van der Waals surface area contributed by atoms with Gasteiger partial charge in [0.05, 0.1) is 4.11 Å². The zero-order chi connectivity index (χ0) is 9.46. The highest BCUT2D eigenvalue weighted by molar-refractivity contribution is 9.11. The fourth-order valence-electron chi connectivity index (χ4n) is 0.381. The van der Waals surface area contributed by atoms with Crippen molar-refractivity contribution in [1.82, 2.24) is 0 Å². The van der Waals surface area contributed by atoms with Crippen molar-refractivity contribution in [2.75, 3.05) is 5.73 Å². The third-order valence-electron chi connectivity index (χ3n) is 0.763. The Balaban J connectivity index is 3.60. The summed E-state index contributed by atoms with van der Waals surface area (Å²) in [6, 6.07) is 0.0133. The molecule has 0 bridgehead atoms. The maximum absolute atomic E-state index is 7.42. The van der Waals surface area contributed by atoms with Gasteiger partial charge in [0.15, 0.2) is 0 Å². The average molecular weight is 254 g/mol. The molecule has 0 radical (unpaired) electrons. The molecule has 0 fully saturated rings. The normalized spacial score (nSPS) is 14.2. The van der Waals surface area contributed by atoms with Crippen LogP contribution in [-0.2, 0) is 0 Å². The van der Waals surface area contributed by atoms with Gasteiger partial charge >= 0.3 is 0 Å². The van der Waals surface area contributed by atoms with E-state index >= 15 is 0 Å². The summed E-state index contributed by atoms with van der Waals surface area (Å²) in [5, 5.41) is 0. The second kappa shape index (κ2) is 2.71. The maximum atomic E-state index is 7.42. The van der Waals surface area contributed by atoms with Crippen molar-refractivity contribution in [1.29, 1.82) is 0 Å². The Morgan fingerprint density at radius 1 is 1.44 bits per heavy atom. The fourth-order valence-corrected chi connectivity index (χ4v) is 0.892. The summed E-state index contributed by atoms with van der Waals surface area (Å²) in [6.07, 6.45) is 0. The van der Waals surface area contributed by atoms with Gasteiger partial charge in [-0.05, 0) is 34.1 Å². The first-order valence-electron chi connectivity index (χ1n) is 3.67. The Bertz CT molecular complexity index is 235. The van der Waals surface area contributed by atoms with Crippen molar-refractivity contribution >= 4 is 37.5 Å². The lowest BCUT2D eigenvalue weighted by atomic mass is 10.3. The number of nitrogens with two attached hydrogens (primary N) is 1. The highest BCUT2D eigenvalue weighted by atomic mass is 79.9. The Labute approximate surface area is 74.7 Å². The SMILES string of the molecule is [2H]c1c([2H])c(Br)c(N)c([2H])c1Br. The van der Waals surface area contributed by atoms with Gasteiger partial charge in [0, 0.05) is 14.6 Å². The Hall–Kier alpha value is -0.0200. The molecule has 1 nitrogen and oxygen atoms in total. The molecule has 0 aliphatic rings. The van der Waals surface area contributed by atoms with Crippen LogP contribution in [0, 0.1) is 0 Å². The monoisotopic (exact) mass is 252 g/mol. The summed E-state index contributed by atoms with van der Waals surface area (Å²) in [5.41, 5.74) is 5.67. The van der Waals surface area contributed by atoms with Gasteiger partial charge in [-0.3, -0.25) is 0 Å². The number of rotatable bonds is 0. The fraction of sp³-hybridized carbons (Fsp3) is 0. The maximum Gasteiger partial charge on any atom is 0.0657 e. The van der Waals surface area contributed by atoms with Gasteiger partial charge < -0.3 is 5.73 Å². The van der Waals surface area contributed by atoms with Gasteiger partial charge in [-0.15, -0.1) is 0 Å². The van der Waals surface area contributed by atoms with E-state index in [2.05, 4.69) is 31.9 Å². The summed E-state index contributed by atoms with van der Waals surface area (Å²) >= 11 is 6.06. The topological polar surface area (TPSA) is 26.0 Å². The van der Waals surface area contributed by atoms with E-state index in [1.165, 1.54) is 0 Å². The predicted octanol–water partition coefficient (Wildman–Crippen LogP) is 2.79. The minimum atomic E-state index is -0.0268. The predicted molar refractivity (Wildman–Crippen MR) is 46.3 cm³/mol. The summed E-state index contributed by atoms with van der Waals surface area (Å²) in [4.78, 5) is 0. The number of nitrogen functional groups attached to an aromatic ring is 1. The van der Waals surface area contributed by atoms with Crippen LogP contribution < -0.4 is 5.73 Å². The van der Waals surface area contributed by atoms with Crippen LogP contribution in [-0.4, -0.2) is 0 Å². The molecule has 0 heterocycles. The number of halogens is 2. The minimum absolute atomic E-state index is 0.00428. The van der Waals surface area contributed by atoms with Crippen molar-refractivity contribution in [2.45, 2.75) is 0 Å². The van der Waals surface area contributed by atoms with E-state index in [0.29, 0.717) is 4.47 Å². The molecule has 3 heteroatoms. The highest BCUT2D eigenvalue weighted by Gasteiger charge is 1.92. The van der Waals surface area contributed by atoms with Crippen molar-refractivity contribution in [3.8, 4) is 0 Å². The van der Waals surface area contributed by atoms with Crippen molar-refractivity contribution < 1.29 is 4.11 Å². The van der Waals surface area contributed by atoms with Gasteiger partial charge in [-0.1, -0.05) is 15.9 Å². The third kappa shape index (κ3) is 1.69. The van der Waals surface area contributed by atoms with Crippen LogP contribution in [0.5, 0.6) is 0 Å². The zero-order valence-electron chi connectivity index (χ0n) is 7.33. The van der Waals surface area contributed by atoms with Crippen LogP contribution in [0.1, 0.15) is 4.11 Å². The molecule has 0 atom stereocenters. The van der Waals surface area contributed by atoms with E-state index < -0.39 is 0 Å². The summed E-state index contributed by atoms with van der Waals surface area (Å²) in [5.74, 6) is 0. The van der Waals surface area contributed by atoms with Crippen LogP contribution in [0.4, 0.5) is 5.69 Å². The number of hydrogen-bond acceptors (Lipinski definition) is 1. The van der Waals surface area contributed by atoms with Gasteiger partial charge in [0.25, 0.3) is 0 Å². The number of benzene rings is 1. The van der Waals surface area contributed by atoms with Gasteiger partial charge in [-0.2, -0.15) is 0 Å². The van der Waals surface area contributed by atoms with Gasteiger partial charge in [0.2, 0.25) is 0 Å². The largest absolute Gasteiger partial charge is 0.398 e. The van der Waals surface area contributed by atoms with E-state index in [1.54, 1.807) is 0 Å². The van der Waals surface area contributed by atoms with Crippen LogP contribution in [0.15, 0.2) is 27.1 Å². The molecule has 0 aromatic heterocycles. The van der Waals surface area contributed by atoms with Crippen LogP contribution in [0.3, 0.4) is 0 Å². The van der Waals surface area contributed by atoms with E-state index in [4.69, 9.17) is 9.85 Å². The molecular formula is C6H5Br2N. The molecule has 0 amide bonds. The van der Waals surface area contributed by atoms with E-state index in [0.717, 1.165) is 0 Å². The lowest BCUT2D eigenvalue weighted by Crippen LogP contribution is -1.84. The molecule has 1 rings (SSSR count). The van der Waals surface area contributed by atoms with E-state index in [-0.39, 0.29) is 28.3 Å². The Kier molecular flexibility index (Phi) is 1.20. The molecule has 1 aromatic carbocycles. The molecule has 0 saturated carbocycles. The second-order valence-electron chi connectivity index (χ2n) is 1.42. The van der Waals surface area contributed by atoms with Crippen molar-refractivity contribution in [3.05, 3.63) is 27.1 Å². The number of hydrogen-bond donors (Lipinski definition) is 1. The first-order chi connectivity index (χ1) is 5.46. The minimum Gasteiger partial charge on any atom is -0.398 e. The average Bonchev–Trinajstić information content (AvgIpc) is 2.08. The smallest absolute Gasteiger partial charge is 0.0657 e. The molecule has 1 aromatic rings. The lowest BCUT2D eigenvalue weighted by molar-refractivity contribution is 1.59. The van der Waals surface area contributed by atoms with E-state index in [9.17, 15) is 0 Å². The molecular weight excluding hydrogens is 246 g/mol. The van der Waals surface area contributed by atoms with Crippen molar-refractivity contribution in [3.63, 3.8) is 0 Å². The molecule has 0 aliphatic carbocycles. The molecule has 0 saturated heterocycles. The molecule has 9 heavy (non-hydrogen) atoms. The molecule has 0 unspecified atom stereocenters. The van der Waals surface area contributed by atoms with Gasteiger partial charge in [0.1, 0.15) is 0 Å². The summed E-state index contributed by atoms with van der Waals surface area (Å²) in [7, 11) is 0. The second-order valence-corrected chi connectivity index (χ2v) is 3.00. The number of anilines is 1. The van der Waals surface area contributed by atoms with Crippen LogP contribution >= 0.6 is 31.9 Å². The summed E-state index contributed by atoms with van der Waals surface area (Å²) in [6.45, 7) is 0. The Morgan fingerprint density at radius 3 is 2.78 bits per heavy atom. The molecule has 48 valence electrons. The molecule has 0 spiro atoms. The molecule has 0 aliphatic heterocycles. The first-order valence-corrected chi connectivity index (χ1v) is 3.75. The van der Waals surface area contributed by atoms with Gasteiger partial charge in [-0.25, -0.2) is 0 Å². The first kappa shape index (κ1) is 3.98. The van der Waals surface area contributed by atoms with Crippen LogP contribution in [0.2, 0.25) is 0 Å². The zero-order valence-corrected chi connectivity index (χ0v) is 7.51.